The Kier molecular flexibility index (Phi) is 8.38. The van der Waals surface area contributed by atoms with Crippen LogP contribution < -0.4 is 20.9 Å². The lowest BCUT2D eigenvalue weighted by molar-refractivity contribution is -0.123. The van der Waals surface area contributed by atoms with E-state index in [0.29, 0.717) is 27.6 Å². The molecule has 182 valence electrons. The van der Waals surface area contributed by atoms with E-state index in [4.69, 9.17) is 27.9 Å². The van der Waals surface area contributed by atoms with Crippen LogP contribution >= 0.6 is 23.2 Å². The zero-order chi connectivity index (χ0) is 25.6. The highest BCUT2D eigenvalue weighted by molar-refractivity contribution is 6.35. The summed E-state index contributed by atoms with van der Waals surface area (Å²) >= 11 is 11.8. The van der Waals surface area contributed by atoms with Gasteiger partial charge in [0.25, 0.3) is 17.7 Å². The quantitative estimate of drug-likeness (QED) is 0.385. The zero-order valence-electron chi connectivity index (χ0n) is 19.4. The second-order valence-electron chi connectivity index (χ2n) is 8.72. The Hall–Kier alpha value is -3.55. The van der Waals surface area contributed by atoms with Crippen LogP contribution in [0.25, 0.3) is 0 Å². The van der Waals surface area contributed by atoms with Gasteiger partial charge < -0.3 is 10.1 Å². The monoisotopic (exact) mass is 513 g/mol. The predicted octanol–water partition coefficient (Wildman–Crippen LogP) is 5.38. The van der Waals surface area contributed by atoms with Crippen molar-refractivity contribution in [2.75, 3.05) is 11.9 Å². The highest BCUT2D eigenvalue weighted by Crippen LogP contribution is 2.27. The average molecular weight is 514 g/mol. The Morgan fingerprint density at radius 1 is 0.800 bits per heavy atom. The fourth-order valence-electron chi connectivity index (χ4n) is 3.00. The molecule has 9 heteroatoms. The van der Waals surface area contributed by atoms with Gasteiger partial charge in [-0.25, -0.2) is 0 Å². The molecule has 3 N–H and O–H groups in total. The first-order valence-electron chi connectivity index (χ1n) is 10.7. The van der Waals surface area contributed by atoms with Crippen LogP contribution in [0.5, 0.6) is 5.75 Å². The first-order valence-corrected chi connectivity index (χ1v) is 11.5. The van der Waals surface area contributed by atoms with E-state index in [1.165, 1.54) is 24.3 Å². The number of nitrogens with one attached hydrogen (secondary N) is 3. The zero-order valence-corrected chi connectivity index (χ0v) is 21.0. The number of hydrazine groups is 1. The van der Waals surface area contributed by atoms with E-state index in [0.717, 1.165) is 5.56 Å². The second kappa shape index (κ2) is 11.3. The van der Waals surface area contributed by atoms with Crippen molar-refractivity contribution in [1.29, 1.82) is 0 Å². The number of carbonyl (C=O) groups excluding carboxylic acids is 3. The van der Waals surface area contributed by atoms with E-state index < -0.39 is 11.8 Å². The van der Waals surface area contributed by atoms with E-state index >= 15 is 0 Å². The lowest BCUT2D eigenvalue weighted by Gasteiger charge is -2.19. The topological polar surface area (TPSA) is 96.5 Å². The van der Waals surface area contributed by atoms with Crippen molar-refractivity contribution < 1.29 is 19.1 Å². The van der Waals surface area contributed by atoms with Gasteiger partial charge in [0.15, 0.2) is 6.61 Å². The summed E-state index contributed by atoms with van der Waals surface area (Å²) in [5, 5.41) is 3.51. The van der Waals surface area contributed by atoms with Gasteiger partial charge in [0.1, 0.15) is 5.75 Å². The molecule has 0 aliphatic rings. The number of ether oxygens (including phenoxy) is 1. The molecule has 3 aromatic carbocycles. The molecule has 3 aromatic rings. The number of hydrogen-bond acceptors (Lipinski definition) is 4. The van der Waals surface area contributed by atoms with E-state index in [1.807, 2.05) is 12.1 Å². The molecule has 0 aliphatic carbocycles. The molecule has 0 spiro atoms. The Bertz CT molecular complexity index is 1220. The molecular formula is C26H25Cl2N3O4. The number of anilines is 1. The number of rotatable bonds is 6. The van der Waals surface area contributed by atoms with Gasteiger partial charge in [0.2, 0.25) is 0 Å². The van der Waals surface area contributed by atoms with Crippen LogP contribution in [-0.2, 0) is 10.2 Å². The lowest BCUT2D eigenvalue weighted by Crippen LogP contribution is -2.43. The highest BCUT2D eigenvalue weighted by Gasteiger charge is 2.15. The predicted molar refractivity (Wildman–Crippen MR) is 137 cm³/mol. The standard InChI is InChI=1S/C26H25Cl2N3O4/c1-26(2,3)18-8-4-16(5-9-18)24(33)29-20-11-6-17(7-12-20)25(34)31-30-23(32)15-35-22-13-10-19(27)14-21(22)28/h4-14H,15H2,1-3H3,(H,29,33)(H,30,32)(H,31,34). The van der Waals surface area contributed by atoms with Gasteiger partial charge in [0.05, 0.1) is 5.02 Å². The van der Waals surface area contributed by atoms with Crippen molar-refractivity contribution in [2.24, 2.45) is 0 Å². The number of halogens is 2. The van der Waals surface area contributed by atoms with Crippen molar-refractivity contribution in [3.8, 4) is 5.75 Å². The van der Waals surface area contributed by atoms with Gasteiger partial charge in [-0.05, 0) is 65.6 Å². The maximum absolute atomic E-state index is 12.5. The maximum Gasteiger partial charge on any atom is 0.276 e. The molecule has 0 radical (unpaired) electrons. The minimum Gasteiger partial charge on any atom is -0.482 e. The van der Waals surface area contributed by atoms with Crippen LogP contribution in [0.1, 0.15) is 47.1 Å². The molecule has 0 saturated carbocycles. The molecule has 0 heterocycles. The molecule has 3 amide bonds. The van der Waals surface area contributed by atoms with E-state index in [-0.39, 0.29) is 23.0 Å². The summed E-state index contributed by atoms with van der Waals surface area (Å²) in [6, 6.07) is 18.3. The van der Waals surface area contributed by atoms with Gasteiger partial charge in [0, 0.05) is 21.8 Å². The third-order valence-corrected chi connectivity index (χ3v) is 5.52. The fraction of sp³-hybridized carbons (Fsp3) is 0.192. The number of amides is 3. The normalized spacial score (nSPS) is 10.9. The van der Waals surface area contributed by atoms with Gasteiger partial charge in [-0.15, -0.1) is 0 Å². The fourth-order valence-corrected chi connectivity index (χ4v) is 3.46. The Labute approximate surface area is 213 Å². The summed E-state index contributed by atoms with van der Waals surface area (Å²) in [6.07, 6.45) is 0. The van der Waals surface area contributed by atoms with Crippen LogP contribution in [0.3, 0.4) is 0 Å². The summed E-state index contributed by atoms with van der Waals surface area (Å²) in [5.74, 6) is -1.07. The Morgan fingerprint density at radius 3 is 2.00 bits per heavy atom. The summed E-state index contributed by atoms with van der Waals surface area (Å²) in [4.78, 5) is 36.8. The van der Waals surface area contributed by atoms with Crippen LogP contribution in [0.15, 0.2) is 66.7 Å². The van der Waals surface area contributed by atoms with Gasteiger partial charge in [-0.3, -0.25) is 25.2 Å². The van der Waals surface area contributed by atoms with Gasteiger partial charge in [-0.2, -0.15) is 0 Å². The molecule has 0 atom stereocenters. The maximum atomic E-state index is 12.5. The van der Waals surface area contributed by atoms with Crippen molar-refractivity contribution in [3.63, 3.8) is 0 Å². The smallest absolute Gasteiger partial charge is 0.276 e. The van der Waals surface area contributed by atoms with Crippen molar-refractivity contribution in [3.05, 3.63) is 93.5 Å². The summed E-state index contributed by atoms with van der Waals surface area (Å²) < 4.78 is 5.31. The van der Waals surface area contributed by atoms with E-state index in [9.17, 15) is 14.4 Å². The Balaban J connectivity index is 1.48. The van der Waals surface area contributed by atoms with Crippen LogP contribution in [0.2, 0.25) is 10.0 Å². The minimum absolute atomic E-state index is 0.00230. The molecule has 0 fully saturated rings. The molecule has 7 nitrogen and oxygen atoms in total. The summed E-state index contributed by atoms with van der Waals surface area (Å²) in [7, 11) is 0. The molecule has 0 unspecified atom stereocenters. The minimum atomic E-state index is -0.578. The van der Waals surface area contributed by atoms with Crippen LogP contribution in [0.4, 0.5) is 5.69 Å². The van der Waals surface area contributed by atoms with E-state index in [2.05, 4.69) is 36.9 Å². The molecule has 0 aromatic heterocycles. The summed E-state index contributed by atoms with van der Waals surface area (Å²) in [5.41, 5.74) is 7.06. The first-order chi connectivity index (χ1) is 16.5. The number of hydrogen-bond donors (Lipinski definition) is 3. The SMILES string of the molecule is CC(C)(C)c1ccc(C(=O)Nc2ccc(C(=O)NNC(=O)COc3ccc(Cl)cc3Cl)cc2)cc1. The lowest BCUT2D eigenvalue weighted by atomic mass is 9.87. The number of carbonyl (C=O) groups is 3. The summed E-state index contributed by atoms with van der Waals surface area (Å²) in [6.45, 7) is 5.96. The van der Waals surface area contributed by atoms with Crippen molar-refractivity contribution in [2.45, 2.75) is 26.2 Å². The van der Waals surface area contributed by atoms with E-state index in [1.54, 1.807) is 30.3 Å². The molecule has 0 aliphatic heterocycles. The molecule has 0 saturated heterocycles. The molecule has 3 rings (SSSR count). The average Bonchev–Trinajstić information content (AvgIpc) is 2.82. The van der Waals surface area contributed by atoms with Gasteiger partial charge >= 0.3 is 0 Å². The van der Waals surface area contributed by atoms with Crippen molar-refractivity contribution in [1.82, 2.24) is 10.9 Å². The third-order valence-electron chi connectivity index (χ3n) is 4.99. The number of benzene rings is 3. The largest absolute Gasteiger partial charge is 0.482 e. The Morgan fingerprint density at radius 2 is 1.40 bits per heavy atom. The second-order valence-corrected chi connectivity index (χ2v) is 9.57. The molecule has 0 bridgehead atoms. The van der Waals surface area contributed by atoms with Crippen LogP contribution in [0, 0.1) is 0 Å². The van der Waals surface area contributed by atoms with Gasteiger partial charge in [-0.1, -0.05) is 56.1 Å². The molecular weight excluding hydrogens is 489 g/mol. The van der Waals surface area contributed by atoms with Crippen molar-refractivity contribution >= 4 is 46.6 Å². The molecule has 35 heavy (non-hydrogen) atoms. The van der Waals surface area contributed by atoms with Crippen LogP contribution in [-0.4, -0.2) is 24.3 Å². The highest BCUT2D eigenvalue weighted by atomic mass is 35.5. The third kappa shape index (κ3) is 7.47. The first kappa shape index (κ1) is 26.1.